The lowest BCUT2D eigenvalue weighted by atomic mass is 10.1. The lowest BCUT2D eigenvalue weighted by Crippen LogP contribution is -2.42. The molecule has 0 saturated heterocycles. The second-order valence-electron chi connectivity index (χ2n) is 3.84. The first-order valence-corrected chi connectivity index (χ1v) is 4.87. The average molecular weight is 264 g/mol. The first kappa shape index (κ1) is 14.2. The number of carboxylic acid groups (broad SMARTS) is 1. The van der Waals surface area contributed by atoms with Crippen LogP contribution in [0.3, 0.4) is 0 Å². The van der Waals surface area contributed by atoms with E-state index in [9.17, 15) is 23.1 Å². The Bertz CT molecular complexity index is 446. The number of hydrogen-bond donors (Lipinski definition) is 3. The molecule has 0 aliphatic heterocycles. The molecule has 1 aromatic heterocycles. The lowest BCUT2D eigenvalue weighted by molar-refractivity contribution is -0.155. The molecule has 1 heterocycles. The van der Waals surface area contributed by atoms with Crippen LogP contribution < -0.4 is 5.32 Å². The lowest BCUT2D eigenvalue weighted by Gasteiger charge is -2.19. The molecule has 5 nitrogen and oxygen atoms in total. The fraction of sp³-hybridized carbons (Fsp3) is 0.400. The molecule has 0 aromatic carbocycles. The molecule has 0 aliphatic rings. The van der Waals surface area contributed by atoms with Gasteiger partial charge in [-0.05, 0) is 19.1 Å². The highest BCUT2D eigenvalue weighted by Gasteiger charge is 2.33. The van der Waals surface area contributed by atoms with Crippen LogP contribution in [0.1, 0.15) is 12.6 Å². The number of alkyl halides is 3. The van der Waals surface area contributed by atoms with Crippen LogP contribution in [0.4, 0.5) is 19.0 Å². The van der Waals surface area contributed by atoms with Crippen LogP contribution in [0, 0.1) is 0 Å². The molecular weight excluding hydrogens is 253 g/mol. The van der Waals surface area contributed by atoms with E-state index in [1.165, 1.54) is 6.07 Å². The van der Waals surface area contributed by atoms with Gasteiger partial charge >= 0.3 is 12.1 Å². The van der Waals surface area contributed by atoms with Crippen LogP contribution in [-0.4, -0.2) is 33.3 Å². The third-order valence-corrected chi connectivity index (χ3v) is 2.11. The van der Waals surface area contributed by atoms with Crippen molar-refractivity contribution in [1.29, 1.82) is 0 Å². The number of aliphatic carboxylic acids is 1. The summed E-state index contributed by atoms with van der Waals surface area (Å²) in [5, 5.41) is 20.3. The number of aromatic nitrogens is 1. The number of carboxylic acids is 1. The quantitative estimate of drug-likeness (QED) is 0.764. The Balaban J connectivity index is 2.78. The maximum Gasteiger partial charge on any atom is 0.433 e. The number of hydrogen-bond acceptors (Lipinski definition) is 4. The Morgan fingerprint density at radius 1 is 1.44 bits per heavy atom. The second kappa shape index (κ2) is 4.81. The van der Waals surface area contributed by atoms with Crippen LogP contribution >= 0.6 is 0 Å². The summed E-state index contributed by atoms with van der Waals surface area (Å²) >= 11 is 0. The molecule has 0 bridgehead atoms. The van der Waals surface area contributed by atoms with Crippen molar-refractivity contribution in [2.45, 2.75) is 18.7 Å². The third-order valence-electron chi connectivity index (χ3n) is 2.11. The number of nitrogens with zero attached hydrogens (tertiary/aromatic N) is 1. The number of rotatable bonds is 4. The van der Waals surface area contributed by atoms with Crippen LogP contribution in [0.2, 0.25) is 0 Å². The molecule has 1 rings (SSSR count). The molecule has 3 N–H and O–H groups in total. The molecule has 1 atom stereocenters. The molecule has 0 radical (unpaired) electrons. The van der Waals surface area contributed by atoms with E-state index in [-0.39, 0.29) is 5.82 Å². The van der Waals surface area contributed by atoms with Crippen molar-refractivity contribution in [1.82, 2.24) is 4.98 Å². The predicted octanol–water partition coefficient (Wildman–Crippen LogP) is 1.35. The maximum atomic E-state index is 12.3. The molecule has 0 amide bonds. The molecule has 0 aliphatic carbocycles. The summed E-state index contributed by atoms with van der Waals surface area (Å²) in [4.78, 5) is 13.8. The van der Waals surface area contributed by atoms with E-state index >= 15 is 0 Å². The fourth-order valence-corrected chi connectivity index (χ4v) is 1.03. The van der Waals surface area contributed by atoms with E-state index in [0.29, 0.717) is 0 Å². The number of carbonyl (C=O) groups is 1. The van der Waals surface area contributed by atoms with E-state index in [1.54, 1.807) is 0 Å². The van der Waals surface area contributed by atoms with Gasteiger partial charge in [0.1, 0.15) is 11.5 Å². The normalized spacial score (nSPS) is 14.9. The molecule has 1 aromatic rings. The zero-order valence-corrected chi connectivity index (χ0v) is 9.32. The third kappa shape index (κ3) is 3.59. The molecule has 0 saturated carbocycles. The van der Waals surface area contributed by atoms with Crippen LogP contribution in [0.15, 0.2) is 18.2 Å². The van der Waals surface area contributed by atoms with Gasteiger partial charge < -0.3 is 15.5 Å². The Morgan fingerprint density at radius 3 is 2.56 bits per heavy atom. The number of pyridine rings is 1. The van der Waals surface area contributed by atoms with E-state index in [0.717, 1.165) is 19.1 Å². The molecule has 8 heteroatoms. The number of nitrogens with one attached hydrogen (secondary N) is 1. The van der Waals surface area contributed by atoms with Crippen LogP contribution in [-0.2, 0) is 11.0 Å². The zero-order valence-electron chi connectivity index (χ0n) is 9.32. The average Bonchev–Trinajstić information content (AvgIpc) is 2.25. The first-order chi connectivity index (χ1) is 8.13. The van der Waals surface area contributed by atoms with Crippen molar-refractivity contribution >= 4 is 11.8 Å². The van der Waals surface area contributed by atoms with Crippen molar-refractivity contribution < 1.29 is 28.2 Å². The second-order valence-corrected chi connectivity index (χ2v) is 3.84. The van der Waals surface area contributed by atoms with Gasteiger partial charge in [-0.3, -0.25) is 0 Å². The van der Waals surface area contributed by atoms with Gasteiger partial charge in [-0.2, -0.15) is 13.2 Å². The molecule has 18 heavy (non-hydrogen) atoms. The summed E-state index contributed by atoms with van der Waals surface area (Å²) in [5.41, 5.74) is -3.18. The molecule has 0 spiro atoms. The highest BCUT2D eigenvalue weighted by molar-refractivity contribution is 5.77. The van der Waals surface area contributed by atoms with E-state index in [1.807, 2.05) is 0 Å². The van der Waals surface area contributed by atoms with Gasteiger partial charge in [0.25, 0.3) is 0 Å². The SMILES string of the molecule is CC(O)(CNc1cccc(C(F)(F)F)n1)C(=O)O. The van der Waals surface area contributed by atoms with Crippen molar-refractivity contribution in [3.05, 3.63) is 23.9 Å². The minimum absolute atomic E-state index is 0.161. The minimum Gasteiger partial charge on any atom is -0.479 e. The summed E-state index contributed by atoms with van der Waals surface area (Å²) in [6.07, 6.45) is -4.58. The highest BCUT2D eigenvalue weighted by Crippen LogP contribution is 2.28. The zero-order chi connectivity index (χ0) is 14.0. The predicted molar refractivity (Wildman–Crippen MR) is 56.0 cm³/mol. The van der Waals surface area contributed by atoms with Gasteiger partial charge in [-0.15, -0.1) is 0 Å². The Kier molecular flexibility index (Phi) is 3.80. The summed E-state index contributed by atoms with van der Waals surface area (Å²) in [6, 6.07) is 3.17. The Morgan fingerprint density at radius 2 is 2.06 bits per heavy atom. The molecule has 0 fully saturated rings. The van der Waals surface area contributed by atoms with Crippen molar-refractivity contribution in [3.63, 3.8) is 0 Å². The Labute approximate surface area is 100 Å². The summed E-state index contributed by atoms with van der Waals surface area (Å²) in [6.45, 7) is 0.562. The van der Waals surface area contributed by atoms with Crippen LogP contribution in [0.25, 0.3) is 0 Å². The monoisotopic (exact) mass is 264 g/mol. The molecular formula is C10H11F3N2O3. The first-order valence-electron chi connectivity index (χ1n) is 4.87. The Hall–Kier alpha value is -1.83. The molecule has 100 valence electrons. The summed E-state index contributed by atoms with van der Waals surface area (Å²) in [5.74, 6) is -1.65. The smallest absolute Gasteiger partial charge is 0.433 e. The number of halogens is 3. The van der Waals surface area contributed by atoms with Gasteiger partial charge in [-0.25, -0.2) is 9.78 Å². The van der Waals surface area contributed by atoms with Gasteiger partial charge in [0.2, 0.25) is 0 Å². The largest absolute Gasteiger partial charge is 0.479 e. The fourth-order valence-electron chi connectivity index (χ4n) is 1.03. The topological polar surface area (TPSA) is 82.5 Å². The standard InChI is InChI=1S/C10H11F3N2O3/c1-9(18,8(16)17)5-14-7-4-2-3-6(15-7)10(11,12)13/h2-4,18H,5H2,1H3,(H,14,15)(H,16,17). The van der Waals surface area contributed by atoms with E-state index < -0.39 is 30.0 Å². The van der Waals surface area contributed by atoms with Crippen LogP contribution in [0.5, 0.6) is 0 Å². The van der Waals surface area contributed by atoms with Gasteiger partial charge in [-0.1, -0.05) is 6.07 Å². The molecule has 1 unspecified atom stereocenters. The van der Waals surface area contributed by atoms with Crippen molar-refractivity contribution in [2.75, 3.05) is 11.9 Å². The van der Waals surface area contributed by atoms with E-state index in [4.69, 9.17) is 5.11 Å². The number of aliphatic hydroxyl groups is 1. The highest BCUT2D eigenvalue weighted by atomic mass is 19.4. The van der Waals surface area contributed by atoms with Gasteiger partial charge in [0.05, 0.1) is 6.54 Å². The summed E-state index contributed by atoms with van der Waals surface area (Å²) < 4.78 is 37.0. The van der Waals surface area contributed by atoms with Crippen molar-refractivity contribution in [3.8, 4) is 0 Å². The summed E-state index contributed by atoms with van der Waals surface area (Å²) in [7, 11) is 0. The van der Waals surface area contributed by atoms with E-state index in [2.05, 4.69) is 10.3 Å². The maximum absolute atomic E-state index is 12.3. The van der Waals surface area contributed by atoms with Gasteiger partial charge in [0, 0.05) is 0 Å². The van der Waals surface area contributed by atoms with Gasteiger partial charge in [0.15, 0.2) is 5.60 Å². The van der Waals surface area contributed by atoms with Crippen molar-refractivity contribution in [2.24, 2.45) is 0 Å². The number of anilines is 1. The minimum atomic E-state index is -4.58.